The first-order valence-electron chi connectivity index (χ1n) is 5.55. The molecule has 0 atom stereocenters. The molecule has 1 N–H and O–H groups in total. The van der Waals surface area contributed by atoms with Crippen LogP contribution in [0.5, 0.6) is 0 Å². The lowest BCUT2D eigenvalue weighted by atomic mass is 9.99. The first-order valence-corrected chi connectivity index (χ1v) is 5.55. The Labute approximate surface area is 95.1 Å². The third-order valence-corrected chi connectivity index (χ3v) is 3.06. The van der Waals surface area contributed by atoms with E-state index in [-0.39, 0.29) is 5.91 Å². The third kappa shape index (κ3) is 2.06. The molecule has 0 unspecified atom stereocenters. The van der Waals surface area contributed by atoms with E-state index in [2.05, 4.69) is 11.4 Å². The molecule has 3 heteroatoms. The Bertz CT molecular complexity index is 413. The quantitative estimate of drug-likeness (QED) is 0.820. The van der Waals surface area contributed by atoms with Gasteiger partial charge in [-0.1, -0.05) is 18.2 Å². The summed E-state index contributed by atoms with van der Waals surface area (Å²) in [5.41, 5.74) is -0.0172. The highest BCUT2D eigenvalue weighted by atomic mass is 16.1. The Kier molecular flexibility index (Phi) is 2.91. The van der Waals surface area contributed by atoms with Crippen LogP contribution in [0.1, 0.15) is 36.0 Å². The summed E-state index contributed by atoms with van der Waals surface area (Å²) in [5.74, 6) is -0.149. The monoisotopic (exact) mass is 214 g/mol. The van der Waals surface area contributed by atoms with Gasteiger partial charge in [0.15, 0.2) is 0 Å². The van der Waals surface area contributed by atoms with E-state index in [0.29, 0.717) is 5.56 Å². The highest BCUT2D eigenvalue weighted by Crippen LogP contribution is 2.29. The minimum atomic E-state index is -0.632. The van der Waals surface area contributed by atoms with Gasteiger partial charge in [0.25, 0.3) is 5.91 Å². The molecule has 0 spiro atoms. The molecule has 0 saturated heterocycles. The summed E-state index contributed by atoms with van der Waals surface area (Å²) in [4.78, 5) is 11.9. The standard InChI is InChI=1S/C13H14N2O/c14-10-13(8-4-5-9-13)15-12(16)11-6-2-1-3-7-11/h1-3,6-7H,4-5,8-9H2,(H,15,16). The van der Waals surface area contributed by atoms with Crippen molar-refractivity contribution < 1.29 is 4.79 Å². The van der Waals surface area contributed by atoms with Crippen molar-refractivity contribution in [1.29, 1.82) is 5.26 Å². The van der Waals surface area contributed by atoms with Gasteiger partial charge in [-0.3, -0.25) is 4.79 Å². The van der Waals surface area contributed by atoms with Crippen LogP contribution in [-0.2, 0) is 0 Å². The third-order valence-electron chi connectivity index (χ3n) is 3.06. The molecule has 1 aliphatic rings. The van der Waals surface area contributed by atoms with E-state index in [0.717, 1.165) is 25.7 Å². The smallest absolute Gasteiger partial charge is 0.252 e. The van der Waals surface area contributed by atoms with Gasteiger partial charge in [-0.05, 0) is 37.8 Å². The zero-order chi connectivity index (χ0) is 11.4. The largest absolute Gasteiger partial charge is 0.334 e. The van der Waals surface area contributed by atoms with E-state index in [1.807, 2.05) is 18.2 Å². The number of carbonyl (C=O) groups excluding carboxylic acids is 1. The molecule has 1 saturated carbocycles. The zero-order valence-corrected chi connectivity index (χ0v) is 9.07. The van der Waals surface area contributed by atoms with Gasteiger partial charge >= 0.3 is 0 Å². The van der Waals surface area contributed by atoms with Crippen LogP contribution in [0.2, 0.25) is 0 Å². The second-order valence-electron chi connectivity index (χ2n) is 4.22. The topological polar surface area (TPSA) is 52.9 Å². The van der Waals surface area contributed by atoms with Gasteiger partial charge < -0.3 is 5.32 Å². The van der Waals surface area contributed by atoms with E-state index in [4.69, 9.17) is 5.26 Å². The number of amides is 1. The normalized spacial score (nSPS) is 17.7. The number of nitrogens with zero attached hydrogens (tertiary/aromatic N) is 1. The molecule has 1 aromatic rings. The summed E-state index contributed by atoms with van der Waals surface area (Å²) in [5, 5.41) is 12.0. The van der Waals surface area contributed by atoms with Gasteiger partial charge in [0.2, 0.25) is 0 Å². The maximum Gasteiger partial charge on any atom is 0.252 e. The molecule has 2 rings (SSSR count). The van der Waals surface area contributed by atoms with Crippen LogP contribution in [0.3, 0.4) is 0 Å². The minimum Gasteiger partial charge on any atom is -0.334 e. The van der Waals surface area contributed by atoms with Crippen LogP contribution in [0.25, 0.3) is 0 Å². The van der Waals surface area contributed by atoms with Crippen molar-refractivity contribution in [3.63, 3.8) is 0 Å². The predicted octanol–water partition coefficient (Wildman–Crippen LogP) is 2.25. The second kappa shape index (κ2) is 4.36. The number of hydrogen-bond donors (Lipinski definition) is 1. The molecule has 82 valence electrons. The Hall–Kier alpha value is -1.82. The minimum absolute atomic E-state index is 0.149. The Morgan fingerprint density at radius 2 is 1.88 bits per heavy atom. The fourth-order valence-corrected chi connectivity index (χ4v) is 2.12. The number of nitrogens with one attached hydrogen (secondary N) is 1. The molecular formula is C13H14N2O. The van der Waals surface area contributed by atoms with Crippen molar-refractivity contribution in [1.82, 2.24) is 5.32 Å². The predicted molar refractivity (Wildman–Crippen MR) is 60.7 cm³/mol. The Balaban J connectivity index is 2.11. The maximum atomic E-state index is 11.9. The van der Waals surface area contributed by atoms with Crippen molar-refractivity contribution in [2.24, 2.45) is 0 Å². The highest BCUT2D eigenvalue weighted by molar-refractivity contribution is 5.94. The Morgan fingerprint density at radius 1 is 1.25 bits per heavy atom. The highest BCUT2D eigenvalue weighted by Gasteiger charge is 2.35. The average molecular weight is 214 g/mol. The summed E-state index contributed by atoms with van der Waals surface area (Å²) in [6, 6.07) is 11.3. The lowest BCUT2D eigenvalue weighted by molar-refractivity contribution is 0.0920. The van der Waals surface area contributed by atoms with Crippen LogP contribution in [0, 0.1) is 11.3 Å². The summed E-state index contributed by atoms with van der Waals surface area (Å²) < 4.78 is 0. The number of hydrogen-bond acceptors (Lipinski definition) is 2. The van der Waals surface area contributed by atoms with Gasteiger partial charge in [-0.25, -0.2) is 0 Å². The molecule has 1 amide bonds. The lowest BCUT2D eigenvalue weighted by Crippen LogP contribution is -2.45. The first-order chi connectivity index (χ1) is 7.76. The molecule has 16 heavy (non-hydrogen) atoms. The van der Waals surface area contributed by atoms with Crippen molar-refractivity contribution in [3.05, 3.63) is 35.9 Å². The van der Waals surface area contributed by atoms with Gasteiger partial charge in [-0.15, -0.1) is 0 Å². The molecular weight excluding hydrogens is 200 g/mol. The van der Waals surface area contributed by atoms with E-state index < -0.39 is 5.54 Å². The van der Waals surface area contributed by atoms with E-state index in [1.54, 1.807) is 12.1 Å². The molecule has 3 nitrogen and oxygen atoms in total. The molecule has 1 aliphatic carbocycles. The fourth-order valence-electron chi connectivity index (χ4n) is 2.12. The van der Waals surface area contributed by atoms with Crippen molar-refractivity contribution in [2.75, 3.05) is 0 Å². The maximum absolute atomic E-state index is 11.9. The van der Waals surface area contributed by atoms with Crippen LogP contribution >= 0.6 is 0 Å². The van der Waals surface area contributed by atoms with Gasteiger partial charge in [0, 0.05) is 5.56 Å². The van der Waals surface area contributed by atoms with Crippen LogP contribution in [0.15, 0.2) is 30.3 Å². The molecule has 0 aromatic heterocycles. The molecule has 1 aromatic carbocycles. The van der Waals surface area contributed by atoms with Gasteiger partial charge in [0.1, 0.15) is 5.54 Å². The van der Waals surface area contributed by atoms with Crippen LogP contribution < -0.4 is 5.32 Å². The number of rotatable bonds is 2. The van der Waals surface area contributed by atoms with Gasteiger partial charge in [0.05, 0.1) is 6.07 Å². The van der Waals surface area contributed by atoms with E-state index in [1.165, 1.54) is 0 Å². The van der Waals surface area contributed by atoms with Crippen LogP contribution in [0.4, 0.5) is 0 Å². The molecule has 0 aliphatic heterocycles. The van der Waals surface area contributed by atoms with Crippen LogP contribution in [-0.4, -0.2) is 11.4 Å². The first kappa shape index (κ1) is 10.7. The molecule has 0 radical (unpaired) electrons. The summed E-state index contributed by atoms with van der Waals surface area (Å²) in [6.45, 7) is 0. The van der Waals surface area contributed by atoms with Crippen molar-refractivity contribution in [2.45, 2.75) is 31.2 Å². The zero-order valence-electron chi connectivity index (χ0n) is 9.07. The number of carbonyl (C=O) groups is 1. The van der Waals surface area contributed by atoms with Crippen molar-refractivity contribution in [3.8, 4) is 6.07 Å². The fraction of sp³-hybridized carbons (Fsp3) is 0.385. The molecule has 1 fully saturated rings. The summed E-state index contributed by atoms with van der Waals surface area (Å²) in [6.07, 6.45) is 3.56. The number of benzene rings is 1. The lowest BCUT2D eigenvalue weighted by Gasteiger charge is -2.21. The molecule has 0 heterocycles. The Morgan fingerprint density at radius 3 is 2.44 bits per heavy atom. The summed E-state index contributed by atoms with van der Waals surface area (Å²) in [7, 11) is 0. The number of nitriles is 1. The van der Waals surface area contributed by atoms with Gasteiger partial charge in [-0.2, -0.15) is 5.26 Å². The average Bonchev–Trinajstić information content (AvgIpc) is 2.79. The van der Waals surface area contributed by atoms with E-state index in [9.17, 15) is 4.79 Å². The SMILES string of the molecule is N#CC1(NC(=O)c2ccccc2)CCCC1. The summed E-state index contributed by atoms with van der Waals surface area (Å²) >= 11 is 0. The second-order valence-corrected chi connectivity index (χ2v) is 4.22. The van der Waals surface area contributed by atoms with Crippen molar-refractivity contribution >= 4 is 5.91 Å². The van der Waals surface area contributed by atoms with E-state index >= 15 is 0 Å². The molecule has 0 bridgehead atoms.